The zero-order valence-corrected chi connectivity index (χ0v) is 15.4. The Hall–Kier alpha value is -3.94. The molecule has 1 amide bonds. The number of halogens is 1. The molecule has 0 atom stereocenters. The molecule has 3 heterocycles. The van der Waals surface area contributed by atoms with Gasteiger partial charge in [0.1, 0.15) is 17.2 Å². The molecule has 0 bridgehead atoms. The number of benzene rings is 2. The Labute approximate surface area is 165 Å². The summed E-state index contributed by atoms with van der Waals surface area (Å²) in [4.78, 5) is 23.7. The maximum Gasteiger partial charge on any atom is 0.277 e. The van der Waals surface area contributed by atoms with Crippen LogP contribution in [0.5, 0.6) is 11.5 Å². The smallest absolute Gasteiger partial charge is 0.277 e. The molecule has 7 nitrogen and oxygen atoms in total. The maximum atomic E-state index is 13.4. The van der Waals surface area contributed by atoms with Crippen LogP contribution in [0.4, 0.5) is 10.1 Å². The molecule has 0 unspecified atom stereocenters. The molecule has 29 heavy (non-hydrogen) atoms. The fourth-order valence-electron chi connectivity index (χ4n) is 3.28. The standard InChI is InChI=1S/C21H15FN4O3/c1-25(15-6-4-14(22)5-7-15)20(27)19-18(24-21-23-9-2-10-26(19)21)13-3-8-16-17(11-13)29-12-28-16/h2-11H,12H2,1H3. The van der Waals surface area contributed by atoms with Crippen LogP contribution in [-0.2, 0) is 0 Å². The van der Waals surface area contributed by atoms with Gasteiger partial charge in [-0.15, -0.1) is 0 Å². The van der Waals surface area contributed by atoms with Crippen LogP contribution in [0.3, 0.4) is 0 Å². The third-order valence-corrected chi connectivity index (χ3v) is 4.77. The number of carbonyl (C=O) groups is 1. The van der Waals surface area contributed by atoms with Crippen LogP contribution < -0.4 is 14.4 Å². The van der Waals surface area contributed by atoms with Crippen molar-refractivity contribution in [3.05, 3.63) is 72.4 Å². The van der Waals surface area contributed by atoms with Crippen LogP contribution in [0.1, 0.15) is 10.5 Å². The summed E-state index contributed by atoms with van der Waals surface area (Å²) in [6.45, 7) is 0.157. The Bertz CT molecular complexity index is 1240. The fourth-order valence-corrected chi connectivity index (χ4v) is 3.28. The van der Waals surface area contributed by atoms with Gasteiger partial charge >= 0.3 is 0 Å². The van der Waals surface area contributed by atoms with Gasteiger partial charge < -0.3 is 14.4 Å². The van der Waals surface area contributed by atoms with E-state index in [1.165, 1.54) is 17.0 Å². The highest BCUT2D eigenvalue weighted by molar-refractivity contribution is 6.09. The minimum atomic E-state index is -0.366. The Balaban J connectivity index is 1.65. The van der Waals surface area contributed by atoms with Crippen LogP contribution in [0.25, 0.3) is 17.0 Å². The lowest BCUT2D eigenvalue weighted by Crippen LogP contribution is -2.28. The topological polar surface area (TPSA) is 69.0 Å². The maximum absolute atomic E-state index is 13.4. The third-order valence-electron chi connectivity index (χ3n) is 4.77. The number of amides is 1. The van der Waals surface area contributed by atoms with E-state index in [4.69, 9.17) is 9.47 Å². The van der Waals surface area contributed by atoms with E-state index in [-0.39, 0.29) is 18.5 Å². The first kappa shape index (κ1) is 17.2. The summed E-state index contributed by atoms with van der Waals surface area (Å²) in [5.74, 6) is 0.972. The van der Waals surface area contributed by atoms with Crippen LogP contribution in [0, 0.1) is 5.82 Å². The molecule has 8 heteroatoms. The highest BCUT2D eigenvalue weighted by Gasteiger charge is 2.26. The van der Waals surface area contributed by atoms with Gasteiger partial charge in [0.2, 0.25) is 12.6 Å². The Kier molecular flexibility index (Phi) is 3.90. The fraction of sp³-hybridized carbons (Fsp3) is 0.0952. The lowest BCUT2D eigenvalue weighted by Gasteiger charge is -2.18. The highest BCUT2D eigenvalue weighted by Crippen LogP contribution is 2.37. The Morgan fingerprint density at radius 1 is 1.14 bits per heavy atom. The van der Waals surface area contributed by atoms with Gasteiger partial charge in [-0.3, -0.25) is 9.20 Å². The molecule has 0 saturated carbocycles. The molecule has 0 radical (unpaired) electrons. The first-order valence-electron chi connectivity index (χ1n) is 8.88. The summed E-state index contributed by atoms with van der Waals surface area (Å²) in [5, 5.41) is 0. The van der Waals surface area contributed by atoms with E-state index in [0.29, 0.717) is 39.9 Å². The molecule has 0 N–H and O–H groups in total. The molecule has 0 fully saturated rings. The van der Waals surface area contributed by atoms with Crippen molar-refractivity contribution in [3.63, 3.8) is 0 Å². The van der Waals surface area contributed by atoms with E-state index in [1.54, 1.807) is 54.2 Å². The van der Waals surface area contributed by atoms with Crippen LogP contribution in [-0.4, -0.2) is 34.1 Å². The SMILES string of the molecule is CN(C(=O)c1c(-c2ccc3c(c2)OCO3)nc2ncccn12)c1ccc(F)cc1. The van der Waals surface area contributed by atoms with E-state index in [2.05, 4.69) is 9.97 Å². The summed E-state index contributed by atoms with van der Waals surface area (Å²) < 4.78 is 25.7. The van der Waals surface area contributed by atoms with Crippen molar-refractivity contribution in [1.82, 2.24) is 14.4 Å². The number of ether oxygens (including phenoxy) is 2. The lowest BCUT2D eigenvalue weighted by molar-refractivity contribution is 0.0988. The lowest BCUT2D eigenvalue weighted by atomic mass is 10.1. The van der Waals surface area contributed by atoms with Gasteiger partial charge in [0.05, 0.1) is 0 Å². The number of imidazole rings is 1. The predicted molar refractivity (Wildman–Crippen MR) is 104 cm³/mol. The third kappa shape index (κ3) is 2.85. The van der Waals surface area contributed by atoms with Crippen molar-refractivity contribution in [1.29, 1.82) is 0 Å². The second-order valence-corrected chi connectivity index (χ2v) is 6.51. The summed E-state index contributed by atoms with van der Waals surface area (Å²) in [5.41, 5.74) is 2.09. The molecule has 2 aromatic heterocycles. The summed E-state index contributed by atoms with van der Waals surface area (Å²) in [7, 11) is 1.63. The Morgan fingerprint density at radius 3 is 2.76 bits per heavy atom. The molecular formula is C21H15FN4O3. The second-order valence-electron chi connectivity index (χ2n) is 6.51. The van der Waals surface area contributed by atoms with Gasteiger partial charge in [-0.1, -0.05) is 0 Å². The average Bonchev–Trinajstić information content (AvgIpc) is 3.37. The van der Waals surface area contributed by atoms with Crippen molar-refractivity contribution >= 4 is 17.4 Å². The van der Waals surface area contributed by atoms with Crippen molar-refractivity contribution in [2.75, 3.05) is 18.7 Å². The number of aromatic nitrogens is 3. The number of hydrogen-bond donors (Lipinski definition) is 0. The van der Waals surface area contributed by atoms with E-state index in [0.717, 1.165) is 0 Å². The molecule has 2 aromatic carbocycles. The highest BCUT2D eigenvalue weighted by atomic mass is 19.1. The molecule has 0 aliphatic carbocycles. The monoisotopic (exact) mass is 390 g/mol. The van der Waals surface area contributed by atoms with Crippen LogP contribution in [0.15, 0.2) is 60.9 Å². The number of anilines is 1. The zero-order valence-electron chi connectivity index (χ0n) is 15.4. The molecule has 144 valence electrons. The van der Waals surface area contributed by atoms with Crippen molar-refractivity contribution in [2.45, 2.75) is 0 Å². The van der Waals surface area contributed by atoms with Gasteiger partial charge in [0, 0.05) is 30.7 Å². The average molecular weight is 390 g/mol. The number of nitrogens with zero attached hydrogens (tertiary/aromatic N) is 4. The summed E-state index contributed by atoms with van der Waals surface area (Å²) >= 11 is 0. The Morgan fingerprint density at radius 2 is 1.93 bits per heavy atom. The first-order chi connectivity index (χ1) is 14.1. The van der Waals surface area contributed by atoms with Crippen molar-refractivity contribution in [2.24, 2.45) is 0 Å². The second kappa shape index (κ2) is 6.59. The van der Waals surface area contributed by atoms with E-state index >= 15 is 0 Å². The number of hydrogen-bond acceptors (Lipinski definition) is 5. The van der Waals surface area contributed by atoms with E-state index in [9.17, 15) is 9.18 Å². The molecule has 0 saturated heterocycles. The van der Waals surface area contributed by atoms with Gasteiger partial charge in [-0.25, -0.2) is 14.4 Å². The van der Waals surface area contributed by atoms with Gasteiger partial charge in [0.25, 0.3) is 5.91 Å². The van der Waals surface area contributed by atoms with Crippen molar-refractivity contribution in [3.8, 4) is 22.8 Å². The molecule has 1 aliphatic rings. The largest absolute Gasteiger partial charge is 0.454 e. The minimum absolute atomic E-state index is 0.157. The number of carbonyl (C=O) groups excluding carboxylic acids is 1. The van der Waals surface area contributed by atoms with Gasteiger partial charge in [-0.2, -0.15) is 0 Å². The van der Waals surface area contributed by atoms with Crippen LogP contribution in [0.2, 0.25) is 0 Å². The molecule has 4 aromatic rings. The first-order valence-corrected chi connectivity index (χ1v) is 8.88. The van der Waals surface area contributed by atoms with Crippen molar-refractivity contribution < 1.29 is 18.7 Å². The predicted octanol–water partition coefficient (Wildman–Crippen LogP) is 3.54. The molecular weight excluding hydrogens is 375 g/mol. The van der Waals surface area contributed by atoms with Crippen LogP contribution >= 0.6 is 0 Å². The van der Waals surface area contributed by atoms with E-state index in [1.807, 2.05) is 6.07 Å². The van der Waals surface area contributed by atoms with E-state index < -0.39 is 0 Å². The number of rotatable bonds is 3. The molecule has 1 aliphatic heterocycles. The minimum Gasteiger partial charge on any atom is -0.454 e. The normalized spacial score (nSPS) is 12.3. The number of fused-ring (bicyclic) bond motifs is 2. The summed E-state index contributed by atoms with van der Waals surface area (Å²) in [6, 6.07) is 12.9. The quantitative estimate of drug-likeness (QED) is 0.535. The molecule has 0 spiro atoms. The van der Waals surface area contributed by atoms with Gasteiger partial charge in [-0.05, 0) is 48.5 Å². The summed E-state index contributed by atoms with van der Waals surface area (Å²) in [6.07, 6.45) is 3.35. The molecule has 5 rings (SSSR count). The van der Waals surface area contributed by atoms with Gasteiger partial charge in [0.15, 0.2) is 11.5 Å². The zero-order chi connectivity index (χ0) is 20.0.